The van der Waals surface area contributed by atoms with Crippen LogP contribution in [-0.4, -0.2) is 11.6 Å². The summed E-state index contributed by atoms with van der Waals surface area (Å²) in [7, 11) is 0. The zero-order valence-corrected chi connectivity index (χ0v) is 6.22. The molecular formula is C8H12O2. The molecule has 10 heavy (non-hydrogen) atoms. The van der Waals surface area contributed by atoms with Gasteiger partial charge in [0.25, 0.3) is 0 Å². The molecule has 0 aromatic carbocycles. The van der Waals surface area contributed by atoms with Crippen LogP contribution in [0.5, 0.6) is 0 Å². The van der Waals surface area contributed by atoms with E-state index in [1.54, 1.807) is 6.92 Å². The second-order valence-electron chi connectivity index (χ2n) is 3.05. The van der Waals surface area contributed by atoms with E-state index in [0.29, 0.717) is 31.0 Å². The Kier molecular flexibility index (Phi) is 2.20. The number of carbonyl (C=O) groups is 2. The van der Waals surface area contributed by atoms with Crippen molar-refractivity contribution in [1.82, 2.24) is 0 Å². The molecule has 56 valence electrons. The van der Waals surface area contributed by atoms with Gasteiger partial charge < -0.3 is 4.79 Å². The fourth-order valence-corrected chi connectivity index (χ4v) is 1.47. The summed E-state index contributed by atoms with van der Waals surface area (Å²) in [5, 5.41) is 0. The van der Waals surface area contributed by atoms with E-state index in [2.05, 4.69) is 0 Å². The van der Waals surface area contributed by atoms with Crippen LogP contribution in [0, 0.1) is 5.92 Å². The Morgan fingerprint density at radius 1 is 1.70 bits per heavy atom. The normalized spacial score (nSPS) is 25.3. The Bertz CT molecular complexity index is 161. The summed E-state index contributed by atoms with van der Waals surface area (Å²) in [5.41, 5.74) is 0. The maximum atomic E-state index is 10.7. The molecule has 0 radical (unpaired) electrons. The molecule has 2 heteroatoms. The van der Waals surface area contributed by atoms with Crippen molar-refractivity contribution < 1.29 is 9.59 Å². The van der Waals surface area contributed by atoms with Crippen LogP contribution >= 0.6 is 0 Å². The summed E-state index contributed by atoms with van der Waals surface area (Å²) in [5.74, 6) is 0.899. The van der Waals surface area contributed by atoms with Gasteiger partial charge in [0, 0.05) is 19.3 Å². The lowest BCUT2D eigenvalue weighted by molar-refractivity contribution is -0.118. The molecule has 0 spiro atoms. The average molecular weight is 140 g/mol. The number of ketones is 2. The maximum absolute atomic E-state index is 10.7. The van der Waals surface area contributed by atoms with E-state index in [0.717, 1.165) is 6.42 Å². The van der Waals surface area contributed by atoms with E-state index in [4.69, 9.17) is 0 Å². The minimum absolute atomic E-state index is 0.208. The smallest absolute Gasteiger partial charge is 0.133 e. The Morgan fingerprint density at radius 2 is 2.40 bits per heavy atom. The van der Waals surface area contributed by atoms with Crippen LogP contribution in [0.15, 0.2) is 0 Å². The predicted octanol–water partition coefficient (Wildman–Crippen LogP) is 1.33. The predicted molar refractivity (Wildman–Crippen MR) is 37.6 cm³/mol. The number of rotatable bonds is 2. The van der Waals surface area contributed by atoms with Crippen molar-refractivity contribution in [2.45, 2.75) is 32.6 Å². The molecule has 1 aliphatic rings. The van der Waals surface area contributed by atoms with Gasteiger partial charge in [0.1, 0.15) is 11.6 Å². The maximum Gasteiger partial charge on any atom is 0.133 e. The van der Waals surface area contributed by atoms with Gasteiger partial charge in [0.05, 0.1) is 0 Å². The van der Waals surface area contributed by atoms with Crippen molar-refractivity contribution in [3.8, 4) is 0 Å². The molecule has 0 saturated heterocycles. The lowest BCUT2D eigenvalue weighted by Gasteiger charge is -2.01. The highest BCUT2D eigenvalue weighted by atomic mass is 16.1. The molecule has 0 amide bonds. The van der Waals surface area contributed by atoms with Crippen LogP contribution in [0.25, 0.3) is 0 Å². The lowest BCUT2D eigenvalue weighted by atomic mass is 10.0. The highest BCUT2D eigenvalue weighted by molar-refractivity contribution is 5.82. The fourth-order valence-electron chi connectivity index (χ4n) is 1.47. The third-order valence-corrected chi connectivity index (χ3v) is 1.92. The van der Waals surface area contributed by atoms with E-state index >= 15 is 0 Å². The van der Waals surface area contributed by atoms with Crippen LogP contribution < -0.4 is 0 Å². The summed E-state index contributed by atoms with van der Waals surface area (Å²) in [4.78, 5) is 21.3. The number of carbonyl (C=O) groups excluding carboxylic acids is 2. The first-order valence-electron chi connectivity index (χ1n) is 3.69. The van der Waals surface area contributed by atoms with E-state index in [1.165, 1.54) is 0 Å². The summed E-state index contributed by atoms with van der Waals surface area (Å²) in [6.07, 6.45) is 2.86. The minimum Gasteiger partial charge on any atom is -0.300 e. The van der Waals surface area contributed by atoms with Crippen LogP contribution in [0.1, 0.15) is 32.6 Å². The molecule has 0 aliphatic heterocycles. The van der Waals surface area contributed by atoms with Crippen molar-refractivity contribution >= 4 is 11.6 Å². The SMILES string of the molecule is CC(=O)CC1CCC(=O)C1. The van der Waals surface area contributed by atoms with Gasteiger partial charge >= 0.3 is 0 Å². The molecule has 1 fully saturated rings. The molecule has 0 bridgehead atoms. The van der Waals surface area contributed by atoms with E-state index in [1.807, 2.05) is 0 Å². The third kappa shape index (κ3) is 1.94. The largest absolute Gasteiger partial charge is 0.300 e. The highest BCUT2D eigenvalue weighted by Gasteiger charge is 2.22. The fraction of sp³-hybridized carbons (Fsp3) is 0.750. The molecular weight excluding hydrogens is 128 g/mol. The zero-order valence-electron chi connectivity index (χ0n) is 6.22. The number of hydrogen-bond donors (Lipinski definition) is 0. The van der Waals surface area contributed by atoms with E-state index in [9.17, 15) is 9.59 Å². The first-order chi connectivity index (χ1) is 4.68. The Morgan fingerprint density at radius 3 is 2.80 bits per heavy atom. The van der Waals surface area contributed by atoms with E-state index < -0.39 is 0 Å². The second kappa shape index (κ2) is 2.95. The van der Waals surface area contributed by atoms with Crippen LogP contribution in [-0.2, 0) is 9.59 Å². The van der Waals surface area contributed by atoms with Gasteiger partial charge in [-0.15, -0.1) is 0 Å². The zero-order chi connectivity index (χ0) is 7.56. The molecule has 0 aromatic rings. The molecule has 1 atom stereocenters. The van der Waals surface area contributed by atoms with Crippen molar-refractivity contribution in [2.75, 3.05) is 0 Å². The molecule has 1 saturated carbocycles. The lowest BCUT2D eigenvalue weighted by Crippen LogP contribution is -2.01. The third-order valence-electron chi connectivity index (χ3n) is 1.92. The van der Waals surface area contributed by atoms with Gasteiger partial charge in [-0.25, -0.2) is 0 Å². The summed E-state index contributed by atoms with van der Waals surface area (Å²) in [6, 6.07) is 0. The molecule has 2 nitrogen and oxygen atoms in total. The Labute approximate surface area is 60.6 Å². The topological polar surface area (TPSA) is 34.1 Å². The van der Waals surface area contributed by atoms with Gasteiger partial charge in [-0.3, -0.25) is 4.79 Å². The van der Waals surface area contributed by atoms with Gasteiger partial charge in [-0.2, -0.15) is 0 Å². The van der Waals surface area contributed by atoms with Gasteiger partial charge in [0.15, 0.2) is 0 Å². The van der Waals surface area contributed by atoms with Crippen molar-refractivity contribution in [1.29, 1.82) is 0 Å². The summed E-state index contributed by atoms with van der Waals surface area (Å²) < 4.78 is 0. The van der Waals surface area contributed by atoms with Crippen LogP contribution in [0.2, 0.25) is 0 Å². The van der Waals surface area contributed by atoms with Gasteiger partial charge in [-0.05, 0) is 19.3 Å². The average Bonchev–Trinajstić information content (AvgIpc) is 2.13. The molecule has 0 N–H and O–H groups in total. The second-order valence-corrected chi connectivity index (χ2v) is 3.05. The van der Waals surface area contributed by atoms with Crippen LogP contribution in [0.3, 0.4) is 0 Å². The Balaban J connectivity index is 2.31. The van der Waals surface area contributed by atoms with Crippen molar-refractivity contribution in [3.05, 3.63) is 0 Å². The summed E-state index contributed by atoms with van der Waals surface area (Å²) in [6.45, 7) is 1.59. The first kappa shape index (κ1) is 7.45. The van der Waals surface area contributed by atoms with Crippen molar-refractivity contribution in [2.24, 2.45) is 5.92 Å². The quantitative estimate of drug-likeness (QED) is 0.580. The molecule has 0 heterocycles. The van der Waals surface area contributed by atoms with Crippen molar-refractivity contribution in [3.63, 3.8) is 0 Å². The molecule has 1 unspecified atom stereocenters. The number of Topliss-reactive ketones (excluding diaryl/α,β-unsaturated/α-hetero) is 2. The molecule has 1 aliphatic carbocycles. The number of hydrogen-bond acceptors (Lipinski definition) is 2. The minimum atomic E-state index is 0.208. The first-order valence-corrected chi connectivity index (χ1v) is 3.69. The molecule has 1 rings (SSSR count). The van der Waals surface area contributed by atoms with Crippen LogP contribution in [0.4, 0.5) is 0 Å². The Hall–Kier alpha value is -0.660. The molecule has 0 aromatic heterocycles. The van der Waals surface area contributed by atoms with E-state index in [-0.39, 0.29) is 5.78 Å². The van der Waals surface area contributed by atoms with Gasteiger partial charge in [-0.1, -0.05) is 0 Å². The standard InChI is InChI=1S/C8H12O2/c1-6(9)4-7-2-3-8(10)5-7/h7H,2-5H2,1H3. The van der Waals surface area contributed by atoms with Gasteiger partial charge in [0.2, 0.25) is 0 Å². The monoisotopic (exact) mass is 140 g/mol. The highest BCUT2D eigenvalue weighted by Crippen LogP contribution is 2.24. The summed E-state index contributed by atoms with van der Waals surface area (Å²) >= 11 is 0.